The van der Waals surface area contributed by atoms with E-state index >= 15 is 0 Å². The Bertz CT molecular complexity index is 967. The molecule has 116 valence electrons. The highest BCUT2D eigenvalue weighted by molar-refractivity contribution is 7.13. The van der Waals surface area contributed by atoms with Crippen molar-refractivity contribution in [2.24, 2.45) is 0 Å². The van der Waals surface area contributed by atoms with E-state index in [9.17, 15) is 0 Å². The number of benzene rings is 2. The van der Waals surface area contributed by atoms with Crippen LogP contribution in [-0.2, 0) is 13.1 Å². The zero-order valence-corrected chi connectivity index (χ0v) is 14.2. The minimum absolute atomic E-state index is 0.895. The number of hydrogen-bond donors (Lipinski definition) is 1. The molecule has 3 nitrogen and oxygen atoms in total. The van der Waals surface area contributed by atoms with Crippen LogP contribution in [0.4, 0.5) is 0 Å². The molecule has 2 heterocycles. The Kier molecular flexibility index (Phi) is 3.63. The summed E-state index contributed by atoms with van der Waals surface area (Å²) in [6, 6.07) is 13.5. The van der Waals surface area contributed by atoms with Crippen molar-refractivity contribution < 1.29 is 0 Å². The molecule has 0 spiro atoms. The Morgan fingerprint density at radius 3 is 2.74 bits per heavy atom. The number of hydrogen-bond acceptors (Lipinski definition) is 3. The van der Waals surface area contributed by atoms with Crippen LogP contribution in [0.25, 0.3) is 32.4 Å². The molecular weight excluding hydrogens is 302 g/mol. The molecule has 0 aliphatic heterocycles. The van der Waals surface area contributed by atoms with Crippen molar-refractivity contribution in [1.29, 1.82) is 0 Å². The predicted octanol–water partition coefficient (Wildman–Crippen LogP) is 4.66. The van der Waals surface area contributed by atoms with Gasteiger partial charge in [0.15, 0.2) is 0 Å². The van der Waals surface area contributed by atoms with E-state index in [1.165, 1.54) is 32.9 Å². The van der Waals surface area contributed by atoms with E-state index in [1.807, 2.05) is 18.6 Å². The van der Waals surface area contributed by atoms with E-state index in [4.69, 9.17) is 0 Å². The summed E-state index contributed by atoms with van der Waals surface area (Å²) in [5, 5.41) is 8.99. The first kappa shape index (κ1) is 14.4. The van der Waals surface area contributed by atoms with E-state index in [0.29, 0.717) is 0 Å². The lowest BCUT2D eigenvalue weighted by molar-refractivity contribution is 0.815. The summed E-state index contributed by atoms with van der Waals surface area (Å²) < 4.78 is 2.39. The highest BCUT2D eigenvalue weighted by Crippen LogP contribution is 2.33. The molecule has 4 aromatic rings. The first-order chi connectivity index (χ1) is 11.3. The minimum atomic E-state index is 0.895. The molecule has 4 heteroatoms. The average Bonchev–Trinajstić information content (AvgIpc) is 3.20. The monoisotopic (exact) mass is 321 g/mol. The third-order valence-electron chi connectivity index (χ3n) is 4.31. The molecule has 4 rings (SSSR count). The molecule has 0 aliphatic rings. The highest BCUT2D eigenvalue weighted by Gasteiger charge is 2.12. The van der Waals surface area contributed by atoms with Crippen LogP contribution in [0.5, 0.6) is 0 Å². The molecule has 0 fully saturated rings. The van der Waals surface area contributed by atoms with Crippen molar-refractivity contribution in [2.45, 2.75) is 20.0 Å². The van der Waals surface area contributed by atoms with Gasteiger partial charge in [-0.15, -0.1) is 11.3 Å². The number of fused-ring (bicyclic) bond motifs is 3. The fourth-order valence-electron chi connectivity index (χ4n) is 3.30. The number of thiazole rings is 1. The standard InChI is InChI=1S/C19H19N3S/c1-3-22-17-7-4-13(12-20-2)10-16(17)15-6-5-14(11-18(15)22)19-21-8-9-23-19/h4-11,20H,3,12H2,1-2H3. The van der Waals surface area contributed by atoms with Gasteiger partial charge in [0.1, 0.15) is 5.01 Å². The molecule has 0 amide bonds. The first-order valence-electron chi connectivity index (χ1n) is 7.91. The van der Waals surface area contributed by atoms with Gasteiger partial charge in [0.05, 0.1) is 0 Å². The molecule has 0 aliphatic carbocycles. The maximum Gasteiger partial charge on any atom is 0.123 e. The summed E-state index contributed by atoms with van der Waals surface area (Å²) in [4.78, 5) is 4.44. The fraction of sp³-hybridized carbons (Fsp3) is 0.211. The summed E-state index contributed by atoms with van der Waals surface area (Å²) in [7, 11) is 1.99. The van der Waals surface area contributed by atoms with Crippen LogP contribution in [-0.4, -0.2) is 16.6 Å². The van der Waals surface area contributed by atoms with Gasteiger partial charge in [0.2, 0.25) is 0 Å². The molecule has 1 N–H and O–H groups in total. The summed E-state index contributed by atoms with van der Waals surface area (Å²) in [6.45, 7) is 4.06. The maximum atomic E-state index is 4.44. The lowest BCUT2D eigenvalue weighted by Gasteiger charge is -2.04. The highest BCUT2D eigenvalue weighted by atomic mass is 32.1. The van der Waals surface area contributed by atoms with Gasteiger partial charge in [-0.3, -0.25) is 0 Å². The number of aromatic nitrogens is 2. The van der Waals surface area contributed by atoms with Crippen LogP contribution in [0.3, 0.4) is 0 Å². The number of rotatable bonds is 4. The second-order valence-electron chi connectivity index (χ2n) is 5.70. The van der Waals surface area contributed by atoms with Gasteiger partial charge in [-0.1, -0.05) is 18.2 Å². The molecule has 0 atom stereocenters. The Morgan fingerprint density at radius 1 is 1.09 bits per heavy atom. The van der Waals surface area contributed by atoms with E-state index in [0.717, 1.165) is 18.1 Å². The van der Waals surface area contributed by atoms with Gasteiger partial charge < -0.3 is 9.88 Å². The fourth-order valence-corrected chi connectivity index (χ4v) is 3.94. The predicted molar refractivity (Wildman–Crippen MR) is 99.0 cm³/mol. The van der Waals surface area contributed by atoms with Crippen LogP contribution in [0, 0.1) is 0 Å². The third-order valence-corrected chi connectivity index (χ3v) is 5.13. The Labute approximate surface area is 139 Å². The first-order valence-corrected chi connectivity index (χ1v) is 8.79. The van der Waals surface area contributed by atoms with Crippen LogP contribution in [0.2, 0.25) is 0 Å². The average molecular weight is 321 g/mol. The second kappa shape index (κ2) is 5.80. The SMILES string of the molecule is CCn1c2ccc(CNC)cc2c2ccc(-c3nccs3)cc21. The van der Waals surface area contributed by atoms with E-state index in [-0.39, 0.29) is 0 Å². The summed E-state index contributed by atoms with van der Waals surface area (Å²) in [5.41, 5.74) is 5.11. The van der Waals surface area contributed by atoms with Crippen LogP contribution in [0.1, 0.15) is 12.5 Å². The molecule has 23 heavy (non-hydrogen) atoms. The van der Waals surface area contributed by atoms with Crippen LogP contribution < -0.4 is 5.32 Å². The van der Waals surface area contributed by atoms with Gasteiger partial charge in [-0.25, -0.2) is 4.98 Å². The lowest BCUT2D eigenvalue weighted by Crippen LogP contribution is -2.04. The quantitative estimate of drug-likeness (QED) is 0.592. The zero-order chi connectivity index (χ0) is 15.8. The van der Waals surface area contributed by atoms with Crippen molar-refractivity contribution in [2.75, 3.05) is 7.05 Å². The van der Waals surface area contributed by atoms with Gasteiger partial charge in [0, 0.05) is 52.0 Å². The van der Waals surface area contributed by atoms with Gasteiger partial charge >= 0.3 is 0 Å². The van der Waals surface area contributed by atoms with E-state index in [2.05, 4.69) is 58.2 Å². The van der Waals surface area contributed by atoms with Crippen molar-refractivity contribution >= 4 is 33.1 Å². The number of nitrogens with zero attached hydrogens (tertiary/aromatic N) is 2. The Hall–Kier alpha value is -2.17. The topological polar surface area (TPSA) is 29.9 Å². The lowest BCUT2D eigenvalue weighted by atomic mass is 10.1. The van der Waals surface area contributed by atoms with Crippen LogP contribution in [0.15, 0.2) is 48.0 Å². The molecular formula is C19H19N3S. The molecule has 2 aromatic heterocycles. The van der Waals surface area contributed by atoms with Crippen molar-refractivity contribution in [3.63, 3.8) is 0 Å². The molecule has 2 aromatic carbocycles. The normalized spacial score (nSPS) is 11.6. The minimum Gasteiger partial charge on any atom is -0.341 e. The number of aryl methyl sites for hydroxylation is 1. The van der Waals surface area contributed by atoms with Gasteiger partial charge in [0.25, 0.3) is 0 Å². The van der Waals surface area contributed by atoms with Crippen molar-refractivity contribution in [3.8, 4) is 10.6 Å². The van der Waals surface area contributed by atoms with Gasteiger partial charge in [-0.05, 0) is 37.7 Å². The molecule has 0 saturated carbocycles. The van der Waals surface area contributed by atoms with Crippen molar-refractivity contribution in [1.82, 2.24) is 14.9 Å². The third kappa shape index (κ3) is 2.35. The smallest absolute Gasteiger partial charge is 0.123 e. The summed E-state index contributed by atoms with van der Waals surface area (Å²) in [6.07, 6.45) is 1.86. The molecule has 0 unspecified atom stereocenters. The number of nitrogens with one attached hydrogen (secondary N) is 1. The summed E-state index contributed by atoms with van der Waals surface area (Å²) >= 11 is 1.69. The molecule has 0 radical (unpaired) electrons. The maximum absolute atomic E-state index is 4.44. The molecule has 0 saturated heterocycles. The van der Waals surface area contributed by atoms with Gasteiger partial charge in [-0.2, -0.15) is 0 Å². The van der Waals surface area contributed by atoms with E-state index < -0.39 is 0 Å². The summed E-state index contributed by atoms with van der Waals surface area (Å²) in [5.74, 6) is 0. The Morgan fingerprint density at radius 2 is 2.00 bits per heavy atom. The molecule has 0 bridgehead atoms. The zero-order valence-electron chi connectivity index (χ0n) is 13.3. The second-order valence-corrected chi connectivity index (χ2v) is 6.59. The largest absolute Gasteiger partial charge is 0.341 e. The Balaban J connectivity index is 1.99. The van der Waals surface area contributed by atoms with E-state index in [1.54, 1.807) is 11.3 Å². The van der Waals surface area contributed by atoms with Crippen LogP contribution >= 0.6 is 11.3 Å². The van der Waals surface area contributed by atoms with Crippen molar-refractivity contribution in [3.05, 3.63) is 53.5 Å².